The van der Waals surface area contributed by atoms with Crippen molar-refractivity contribution in [2.45, 2.75) is 26.2 Å². The molecule has 1 heterocycles. The monoisotopic (exact) mass is 215 g/mol. The summed E-state index contributed by atoms with van der Waals surface area (Å²) in [6.45, 7) is 6.44. The van der Waals surface area contributed by atoms with Gasteiger partial charge in [-0.05, 0) is 26.2 Å². The van der Waals surface area contributed by atoms with Gasteiger partial charge in [0.05, 0.1) is 26.7 Å². The second-order valence-electron chi connectivity index (χ2n) is 3.94. The number of likely N-dealkylation sites (tertiary alicyclic amines) is 1. The maximum Gasteiger partial charge on any atom is 0.673 e. The van der Waals surface area contributed by atoms with Gasteiger partial charge in [0.2, 0.25) is 0 Å². The van der Waals surface area contributed by atoms with Crippen LogP contribution >= 0.6 is 0 Å². The molecule has 1 aliphatic heterocycles. The van der Waals surface area contributed by atoms with Gasteiger partial charge in [-0.25, -0.2) is 0 Å². The second kappa shape index (κ2) is 5.58. The summed E-state index contributed by atoms with van der Waals surface area (Å²) in [5, 5.41) is 0. The first kappa shape index (κ1) is 13.7. The van der Waals surface area contributed by atoms with Gasteiger partial charge < -0.3 is 21.7 Å². The van der Waals surface area contributed by atoms with Crippen molar-refractivity contribution >= 4 is 7.25 Å². The summed E-state index contributed by atoms with van der Waals surface area (Å²) in [7, 11) is -3.63. The fourth-order valence-electron chi connectivity index (χ4n) is 1.59. The highest BCUT2D eigenvalue weighted by Gasteiger charge is 2.21. The highest BCUT2D eigenvalue weighted by Crippen LogP contribution is 2.14. The Hall–Kier alpha value is -0.255. The molecule has 0 aliphatic carbocycles. The van der Waals surface area contributed by atoms with Gasteiger partial charge in [-0.3, -0.25) is 0 Å². The molecule has 1 nitrogen and oxygen atoms in total. The summed E-state index contributed by atoms with van der Waals surface area (Å²) in [6, 6.07) is 0. The lowest BCUT2D eigenvalue weighted by Crippen LogP contribution is -2.47. The fraction of sp³-hybridized carbons (Fsp3) is 1.00. The normalized spacial score (nSPS) is 21.0. The minimum Gasteiger partial charge on any atom is -0.418 e. The van der Waals surface area contributed by atoms with E-state index in [0.717, 1.165) is 0 Å². The molecule has 6 heteroatoms. The van der Waals surface area contributed by atoms with Crippen LogP contribution in [-0.2, 0) is 0 Å². The summed E-state index contributed by atoms with van der Waals surface area (Å²) < 4.78 is 40.3. The van der Waals surface area contributed by atoms with Crippen molar-refractivity contribution in [2.24, 2.45) is 0 Å². The molecule has 0 N–H and O–H groups in total. The maximum atomic E-state index is 9.75. The van der Waals surface area contributed by atoms with Gasteiger partial charge in [0, 0.05) is 0 Å². The van der Waals surface area contributed by atoms with Crippen LogP contribution in [-0.4, -0.2) is 38.4 Å². The van der Waals surface area contributed by atoms with E-state index in [0.29, 0.717) is 0 Å². The Balaban J connectivity index is 0.000000292. The average molecular weight is 215 g/mol. The molecule has 0 amide bonds. The van der Waals surface area contributed by atoms with Gasteiger partial charge in [0.15, 0.2) is 0 Å². The van der Waals surface area contributed by atoms with E-state index in [-0.39, 0.29) is 0 Å². The van der Waals surface area contributed by atoms with Crippen LogP contribution in [0, 0.1) is 0 Å². The first-order valence-corrected chi connectivity index (χ1v) is 4.98. The lowest BCUT2D eigenvalue weighted by Gasteiger charge is -2.36. The van der Waals surface area contributed by atoms with Crippen molar-refractivity contribution in [3.63, 3.8) is 0 Å². The SMILES string of the molecule is CC[N+]1(C)CCCCC1.F[B-](F)(F)F. The Labute approximate surface area is 82.8 Å². The van der Waals surface area contributed by atoms with E-state index in [4.69, 9.17) is 0 Å². The Morgan fingerprint density at radius 3 is 1.57 bits per heavy atom. The van der Waals surface area contributed by atoms with Gasteiger partial charge in [0.1, 0.15) is 0 Å². The molecular weight excluding hydrogens is 197 g/mol. The summed E-state index contributed by atoms with van der Waals surface area (Å²) >= 11 is 0. The van der Waals surface area contributed by atoms with Gasteiger partial charge in [0.25, 0.3) is 0 Å². The van der Waals surface area contributed by atoms with E-state index < -0.39 is 7.25 Å². The Morgan fingerprint density at radius 1 is 1.00 bits per heavy atom. The first-order chi connectivity index (χ1) is 6.27. The first-order valence-electron chi connectivity index (χ1n) is 4.98. The zero-order valence-corrected chi connectivity index (χ0v) is 8.78. The number of quaternary nitrogens is 1. The molecule has 86 valence electrons. The lowest BCUT2D eigenvalue weighted by molar-refractivity contribution is -0.912. The topological polar surface area (TPSA) is 0 Å². The van der Waals surface area contributed by atoms with Crippen molar-refractivity contribution in [1.29, 1.82) is 0 Å². The Bertz CT molecular complexity index is 148. The highest BCUT2D eigenvalue weighted by atomic mass is 19.5. The number of hydrogen-bond donors (Lipinski definition) is 0. The Kier molecular flexibility index (Phi) is 5.48. The van der Waals surface area contributed by atoms with Crippen LogP contribution in [0.25, 0.3) is 0 Å². The molecule has 0 radical (unpaired) electrons. The van der Waals surface area contributed by atoms with Crippen LogP contribution in [0.2, 0.25) is 0 Å². The zero-order chi connectivity index (χ0) is 11.2. The molecule has 0 unspecified atom stereocenters. The molecule has 0 atom stereocenters. The van der Waals surface area contributed by atoms with Gasteiger partial charge in [-0.2, -0.15) is 0 Å². The summed E-state index contributed by atoms with van der Waals surface area (Å²) in [5.41, 5.74) is 0. The molecule has 1 fully saturated rings. The molecule has 0 spiro atoms. The van der Waals surface area contributed by atoms with Gasteiger partial charge in [-0.1, -0.05) is 0 Å². The predicted octanol–water partition coefficient (Wildman–Crippen LogP) is 2.94. The molecule has 0 bridgehead atoms. The van der Waals surface area contributed by atoms with E-state index in [1.165, 1.54) is 43.4 Å². The number of piperidine rings is 1. The maximum absolute atomic E-state index is 9.75. The molecular formula is C8H18BF4N. The summed E-state index contributed by atoms with van der Waals surface area (Å²) in [5.74, 6) is 0. The predicted molar refractivity (Wildman–Crippen MR) is 50.5 cm³/mol. The van der Waals surface area contributed by atoms with Crippen molar-refractivity contribution in [2.75, 3.05) is 26.7 Å². The van der Waals surface area contributed by atoms with Gasteiger partial charge >= 0.3 is 7.25 Å². The molecule has 0 aromatic rings. The molecule has 1 rings (SSSR count). The number of hydrogen-bond acceptors (Lipinski definition) is 0. The van der Waals surface area contributed by atoms with Crippen LogP contribution in [0.15, 0.2) is 0 Å². The molecule has 0 aromatic carbocycles. The number of halogens is 4. The van der Waals surface area contributed by atoms with Crippen molar-refractivity contribution in [3.05, 3.63) is 0 Å². The third kappa shape index (κ3) is 8.35. The van der Waals surface area contributed by atoms with Gasteiger partial charge in [-0.15, -0.1) is 0 Å². The third-order valence-electron chi connectivity index (χ3n) is 2.66. The molecule has 1 saturated heterocycles. The smallest absolute Gasteiger partial charge is 0.418 e. The van der Waals surface area contributed by atoms with E-state index in [1.807, 2.05) is 0 Å². The largest absolute Gasteiger partial charge is 0.673 e. The summed E-state index contributed by atoms with van der Waals surface area (Å²) in [4.78, 5) is 0. The molecule has 0 aromatic heterocycles. The minimum absolute atomic E-state index is 1.32. The third-order valence-corrected chi connectivity index (χ3v) is 2.66. The van der Waals surface area contributed by atoms with E-state index in [2.05, 4.69) is 14.0 Å². The molecule has 1 aliphatic rings. The fourth-order valence-corrected chi connectivity index (χ4v) is 1.59. The number of nitrogens with zero attached hydrogens (tertiary/aromatic N) is 1. The van der Waals surface area contributed by atoms with Crippen LogP contribution in [0.3, 0.4) is 0 Å². The van der Waals surface area contributed by atoms with E-state index in [9.17, 15) is 17.3 Å². The van der Waals surface area contributed by atoms with Crippen molar-refractivity contribution < 1.29 is 21.7 Å². The minimum atomic E-state index is -6.00. The van der Waals surface area contributed by atoms with E-state index >= 15 is 0 Å². The zero-order valence-electron chi connectivity index (χ0n) is 8.78. The van der Waals surface area contributed by atoms with E-state index in [1.54, 1.807) is 0 Å². The quantitative estimate of drug-likeness (QED) is 0.358. The van der Waals surface area contributed by atoms with Crippen molar-refractivity contribution in [3.8, 4) is 0 Å². The number of rotatable bonds is 1. The lowest BCUT2D eigenvalue weighted by atomic mass is 10.1. The standard InChI is InChI=1S/C8H18N.BF4/c1-3-9(2)7-5-4-6-8-9;2-1(3,4)5/h3-8H2,1-2H3;/q+1;-1. The highest BCUT2D eigenvalue weighted by molar-refractivity contribution is 6.50. The van der Waals surface area contributed by atoms with Crippen LogP contribution in [0.1, 0.15) is 26.2 Å². The average Bonchev–Trinajstić information content (AvgIpc) is 2.03. The summed E-state index contributed by atoms with van der Waals surface area (Å²) in [6.07, 6.45) is 4.36. The van der Waals surface area contributed by atoms with Crippen molar-refractivity contribution in [1.82, 2.24) is 0 Å². The van der Waals surface area contributed by atoms with Crippen LogP contribution < -0.4 is 0 Å². The Morgan fingerprint density at radius 2 is 1.36 bits per heavy atom. The van der Waals surface area contributed by atoms with Crippen LogP contribution in [0.5, 0.6) is 0 Å². The van der Waals surface area contributed by atoms with Crippen LogP contribution in [0.4, 0.5) is 17.3 Å². The molecule has 14 heavy (non-hydrogen) atoms. The second-order valence-corrected chi connectivity index (χ2v) is 3.94. The molecule has 0 saturated carbocycles.